The number of piperidine rings is 2. The van der Waals surface area contributed by atoms with E-state index >= 15 is 0 Å². The standard InChI is InChI=1S/C30H37N5O4/c1-20-29(38)35-18-22-15-24(19-34(17-22)30(39)23-9-6-14-31-16-23)26(35)10-5-11-27(36)33-25(28(37)32-20)13-12-21-7-3-2-4-8-21/h2-4,6-9,14,16,20,22,24-26H,5,10-13,15,17-19H2,1H3,(H,32,37)(H,33,36)/t20-,22+,24-,25+,26+/m1/s1. The molecule has 2 aromatic rings. The van der Waals surface area contributed by atoms with E-state index in [1.165, 1.54) is 0 Å². The van der Waals surface area contributed by atoms with Crippen LogP contribution in [-0.2, 0) is 20.8 Å². The fourth-order valence-corrected chi connectivity index (χ4v) is 6.40. The molecule has 0 spiro atoms. The summed E-state index contributed by atoms with van der Waals surface area (Å²) in [5.41, 5.74) is 1.66. The molecule has 9 nitrogen and oxygen atoms in total. The number of likely N-dealkylation sites (tertiary alicyclic amines) is 1. The molecule has 2 N–H and O–H groups in total. The predicted molar refractivity (Wildman–Crippen MR) is 145 cm³/mol. The van der Waals surface area contributed by atoms with Crippen LogP contribution in [0.3, 0.4) is 0 Å². The molecule has 39 heavy (non-hydrogen) atoms. The van der Waals surface area contributed by atoms with Gasteiger partial charge in [0.15, 0.2) is 0 Å². The second-order valence-corrected chi connectivity index (χ2v) is 11.1. The zero-order valence-electron chi connectivity index (χ0n) is 22.4. The third-order valence-corrected chi connectivity index (χ3v) is 8.30. The predicted octanol–water partition coefficient (Wildman–Crippen LogP) is 2.18. The third kappa shape index (κ3) is 6.29. The minimum Gasteiger partial charge on any atom is -0.344 e. The molecule has 3 saturated heterocycles. The van der Waals surface area contributed by atoms with Crippen LogP contribution in [0, 0.1) is 11.8 Å². The van der Waals surface area contributed by atoms with Crippen LogP contribution in [0.25, 0.3) is 0 Å². The first-order valence-corrected chi connectivity index (χ1v) is 14.0. The molecule has 3 aliphatic heterocycles. The number of fused-ring (bicyclic) bond motifs is 4. The molecule has 0 radical (unpaired) electrons. The van der Waals surface area contributed by atoms with Crippen LogP contribution in [0.5, 0.6) is 0 Å². The molecule has 2 bridgehead atoms. The van der Waals surface area contributed by atoms with Crippen molar-refractivity contribution in [3.05, 3.63) is 66.0 Å². The number of hydrogen-bond acceptors (Lipinski definition) is 5. The summed E-state index contributed by atoms with van der Waals surface area (Å²) in [6, 6.07) is 11.9. The van der Waals surface area contributed by atoms with Crippen LogP contribution in [0.1, 0.15) is 54.9 Å². The van der Waals surface area contributed by atoms with E-state index in [4.69, 9.17) is 0 Å². The molecular formula is C30H37N5O4. The Morgan fingerprint density at radius 3 is 2.62 bits per heavy atom. The highest BCUT2D eigenvalue weighted by Gasteiger charge is 2.44. The van der Waals surface area contributed by atoms with Gasteiger partial charge in [0.1, 0.15) is 12.1 Å². The minimum absolute atomic E-state index is 0.0349. The number of carbonyl (C=O) groups is 4. The first kappa shape index (κ1) is 26.8. The number of aryl methyl sites for hydroxylation is 1. The summed E-state index contributed by atoms with van der Waals surface area (Å²) in [5.74, 6) is -0.323. The summed E-state index contributed by atoms with van der Waals surface area (Å²) >= 11 is 0. The van der Waals surface area contributed by atoms with Crippen molar-refractivity contribution >= 4 is 23.6 Å². The molecule has 1 aromatic heterocycles. The Labute approximate surface area is 229 Å². The fraction of sp³-hybridized carbons (Fsp3) is 0.500. The van der Waals surface area contributed by atoms with E-state index in [0.29, 0.717) is 50.9 Å². The van der Waals surface area contributed by atoms with Crippen molar-refractivity contribution in [2.45, 2.75) is 63.6 Å². The number of carbonyl (C=O) groups excluding carboxylic acids is 4. The summed E-state index contributed by atoms with van der Waals surface area (Å²) in [5, 5.41) is 5.80. The van der Waals surface area contributed by atoms with E-state index in [9.17, 15) is 19.2 Å². The van der Waals surface area contributed by atoms with E-state index < -0.39 is 12.1 Å². The number of nitrogens with one attached hydrogen (secondary N) is 2. The Bertz CT molecular complexity index is 1190. The summed E-state index contributed by atoms with van der Waals surface area (Å²) < 4.78 is 0. The van der Waals surface area contributed by atoms with Crippen molar-refractivity contribution in [2.75, 3.05) is 19.6 Å². The Morgan fingerprint density at radius 2 is 1.85 bits per heavy atom. The van der Waals surface area contributed by atoms with E-state index in [1.54, 1.807) is 31.5 Å². The van der Waals surface area contributed by atoms with Gasteiger partial charge in [-0.3, -0.25) is 24.2 Å². The molecule has 4 heterocycles. The van der Waals surface area contributed by atoms with Gasteiger partial charge in [0, 0.05) is 44.5 Å². The van der Waals surface area contributed by atoms with Crippen LogP contribution in [0.4, 0.5) is 0 Å². The summed E-state index contributed by atoms with van der Waals surface area (Å²) in [4.78, 5) is 60.8. The summed E-state index contributed by atoms with van der Waals surface area (Å²) in [6.07, 6.45) is 6.87. The van der Waals surface area contributed by atoms with Gasteiger partial charge >= 0.3 is 0 Å². The average Bonchev–Trinajstić information content (AvgIpc) is 2.95. The maximum Gasteiger partial charge on any atom is 0.255 e. The largest absolute Gasteiger partial charge is 0.344 e. The molecule has 0 unspecified atom stereocenters. The number of rotatable bonds is 4. The molecule has 1 aromatic carbocycles. The van der Waals surface area contributed by atoms with Gasteiger partial charge in [-0.25, -0.2) is 0 Å². The summed E-state index contributed by atoms with van der Waals surface area (Å²) in [7, 11) is 0. The monoisotopic (exact) mass is 531 g/mol. The van der Waals surface area contributed by atoms with Crippen LogP contribution < -0.4 is 10.6 Å². The SMILES string of the molecule is C[C@H]1NC(=O)[C@H](CCc2ccccc2)NC(=O)CCC[C@H]2[C@@H]3C[C@@H](CN(C(=O)c4cccnc4)C3)CN2C1=O. The molecule has 3 aliphatic rings. The van der Waals surface area contributed by atoms with Crippen molar-refractivity contribution in [3.8, 4) is 0 Å². The summed E-state index contributed by atoms with van der Waals surface area (Å²) in [6.45, 7) is 3.42. The van der Waals surface area contributed by atoms with E-state index in [2.05, 4.69) is 15.6 Å². The van der Waals surface area contributed by atoms with Gasteiger partial charge in [-0.1, -0.05) is 30.3 Å². The van der Waals surface area contributed by atoms with Crippen LogP contribution in [0.15, 0.2) is 54.9 Å². The smallest absolute Gasteiger partial charge is 0.255 e. The normalized spacial score (nSPS) is 27.9. The number of benzene rings is 1. The molecular weight excluding hydrogens is 494 g/mol. The van der Waals surface area contributed by atoms with Gasteiger partial charge in [0.25, 0.3) is 5.91 Å². The van der Waals surface area contributed by atoms with Crippen LogP contribution in [0.2, 0.25) is 0 Å². The van der Waals surface area contributed by atoms with Crippen molar-refractivity contribution in [3.63, 3.8) is 0 Å². The Kier molecular flexibility index (Phi) is 8.24. The second-order valence-electron chi connectivity index (χ2n) is 11.1. The zero-order valence-corrected chi connectivity index (χ0v) is 22.4. The number of pyridine rings is 1. The van der Waals surface area contributed by atoms with Crippen molar-refractivity contribution in [1.82, 2.24) is 25.4 Å². The maximum atomic E-state index is 13.7. The van der Waals surface area contributed by atoms with Gasteiger partial charge < -0.3 is 20.4 Å². The number of hydrogen-bond donors (Lipinski definition) is 2. The topological polar surface area (TPSA) is 112 Å². The Balaban J connectivity index is 1.29. The molecule has 206 valence electrons. The number of amides is 4. The highest BCUT2D eigenvalue weighted by molar-refractivity contribution is 5.94. The third-order valence-electron chi connectivity index (χ3n) is 8.30. The molecule has 9 heteroatoms. The van der Waals surface area contributed by atoms with Gasteiger partial charge in [0.05, 0.1) is 5.56 Å². The minimum atomic E-state index is -0.706. The number of aromatic nitrogens is 1. The molecule has 0 saturated carbocycles. The molecule has 3 fully saturated rings. The van der Waals surface area contributed by atoms with Gasteiger partial charge in [0.2, 0.25) is 17.7 Å². The zero-order chi connectivity index (χ0) is 27.4. The quantitative estimate of drug-likeness (QED) is 0.628. The van der Waals surface area contributed by atoms with Crippen molar-refractivity contribution in [2.24, 2.45) is 11.8 Å². The van der Waals surface area contributed by atoms with E-state index in [-0.39, 0.29) is 47.9 Å². The first-order valence-electron chi connectivity index (χ1n) is 14.0. The second kappa shape index (κ2) is 12.0. The first-order chi connectivity index (χ1) is 18.9. The lowest BCUT2D eigenvalue weighted by Crippen LogP contribution is -2.63. The van der Waals surface area contributed by atoms with Crippen LogP contribution >= 0.6 is 0 Å². The van der Waals surface area contributed by atoms with Gasteiger partial charge in [-0.15, -0.1) is 0 Å². The Morgan fingerprint density at radius 1 is 1.03 bits per heavy atom. The maximum absolute atomic E-state index is 13.7. The molecule has 4 amide bonds. The molecule has 5 rings (SSSR count). The average molecular weight is 532 g/mol. The fourth-order valence-electron chi connectivity index (χ4n) is 6.40. The van der Waals surface area contributed by atoms with Crippen molar-refractivity contribution in [1.29, 1.82) is 0 Å². The lowest BCUT2D eigenvalue weighted by molar-refractivity contribution is -0.145. The highest BCUT2D eigenvalue weighted by Crippen LogP contribution is 2.36. The lowest BCUT2D eigenvalue weighted by atomic mass is 9.77. The van der Waals surface area contributed by atoms with Crippen molar-refractivity contribution < 1.29 is 19.2 Å². The lowest BCUT2D eigenvalue weighted by Gasteiger charge is -2.51. The van der Waals surface area contributed by atoms with Crippen LogP contribution in [-0.4, -0.2) is 76.2 Å². The Hall–Kier alpha value is -3.75. The van der Waals surface area contributed by atoms with E-state index in [0.717, 1.165) is 12.0 Å². The highest BCUT2D eigenvalue weighted by atomic mass is 16.2. The van der Waals surface area contributed by atoms with Gasteiger partial charge in [-0.2, -0.15) is 0 Å². The molecule has 0 aliphatic carbocycles. The van der Waals surface area contributed by atoms with Gasteiger partial charge in [-0.05, 0) is 68.6 Å². The van der Waals surface area contributed by atoms with E-state index in [1.807, 2.05) is 40.1 Å². The molecule has 5 atom stereocenters. The number of nitrogens with zero attached hydrogens (tertiary/aromatic N) is 3.